The van der Waals surface area contributed by atoms with E-state index in [9.17, 15) is 4.79 Å². The number of nitrogens with one attached hydrogen (secondary N) is 1. The summed E-state index contributed by atoms with van der Waals surface area (Å²) < 4.78 is 5.89. The minimum atomic E-state index is -0.179. The zero-order valence-electron chi connectivity index (χ0n) is 17.9. The first-order valence-corrected chi connectivity index (χ1v) is 10.6. The Kier molecular flexibility index (Phi) is 5.88. The van der Waals surface area contributed by atoms with Crippen LogP contribution in [0.15, 0.2) is 48.5 Å². The number of aromatic nitrogens is 1. The van der Waals surface area contributed by atoms with Gasteiger partial charge in [0, 0.05) is 24.2 Å². The Morgan fingerprint density at radius 1 is 1.13 bits per heavy atom. The number of benzene rings is 2. The van der Waals surface area contributed by atoms with Crippen molar-refractivity contribution >= 4 is 28.3 Å². The quantitative estimate of drug-likeness (QED) is 0.643. The van der Waals surface area contributed by atoms with Crippen molar-refractivity contribution in [2.45, 2.75) is 33.6 Å². The predicted octanol–water partition coefficient (Wildman–Crippen LogP) is 5.11. The molecule has 0 saturated carbocycles. The summed E-state index contributed by atoms with van der Waals surface area (Å²) in [5.41, 5.74) is 3.75. The van der Waals surface area contributed by atoms with Crippen LogP contribution in [0.1, 0.15) is 30.9 Å². The van der Waals surface area contributed by atoms with Gasteiger partial charge >= 0.3 is 0 Å². The maximum atomic E-state index is 12.5. The average Bonchev–Trinajstić information content (AvgIpc) is 2.75. The van der Waals surface area contributed by atoms with Crippen molar-refractivity contribution in [3.05, 3.63) is 59.7 Å². The van der Waals surface area contributed by atoms with E-state index in [1.807, 2.05) is 50.2 Å². The van der Waals surface area contributed by atoms with E-state index in [1.54, 1.807) is 0 Å². The first-order valence-electron chi connectivity index (χ1n) is 10.6. The third-order valence-corrected chi connectivity index (χ3v) is 5.80. The van der Waals surface area contributed by atoms with E-state index >= 15 is 0 Å². The van der Waals surface area contributed by atoms with E-state index in [4.69, 9.17) is 9.72 Å². The molecule has 5 nitrogen and oxygen atoms in total. The lowest BCUT2D eigenvalue weighted by molar-refractivity contribution is -0.118. The van der Waals surface area contributed by atoms with Crippen molar-refractivity contribution in [1.82, 2.24) is 4.98 Å². The number of carbonyl (C=O) groups excluding carboxylic acids is 1. The number of hydrogen-bond donors (Lipinski definition) is 1. The number of amides is 1. The van der Waals surface area contributed by atoms with Crippen molar-refractivity contribution in [3.8, 4) is 5.75 Å². The third-order valence-electron chi connectivity index (χ3n) is 5.80. The van der Waals surface area contributed by atoms with E-state index in [0.717, 1.165) is 52.5 Å². The van der Waals surface area contributed by atoms with Gasteiger partial charge in [-0.15, -0.1) is 0 Å². The van der Waals surface area contributed by atoms with E-state index < -0.39 is 0 Å². The molecule has 0 atom stereocenters. The number of nitrogens with zero attached hydrogens (tertiary/aromatic N) is 2. The highest BCUT2D eigenvalue weighted by Crippen LogP contribution is 2.28. The minimum absolute atomic E-state index is 0.0559. The van der Waals surface area contributed by atoms with Crippen LogP contribution in [0.5, 0.6) is 5.75 Å². The molecule has 0 aliphatic carbocycles. The predicted molar refractivity (Wildman–Crippen MR) is 122 cm³/mol. The maximum Gasteiger partial charge on any atom is 0.262 e. The fourth-order valence-electron chi connectivity index (χ4n) is 3.84. The topological polar surface area (TPSA) is 54.5 Å². The van der Waals surface area contributed by atoms with E-state index in [2.05, 4.69) is 29.3 Å². The monoisotopic (exact) mass is 403 g/mol. The number of pyridine rings is 1. The zero-order valence-corrected chi connectivity index (χ0v) is 17.9. The molecular formula is C25H29N3O2. The van der Waals surface area contributed by atoms with Gasteiger partial charge in [0.15, 0.2) is 6.61 Å². The van der Waals surface area contributed by atoms with E-state index in [-0.39, 0.29) is 12.5 Å². The van der Waals surface area contributed by atoms with Crippen LogP contribution in [0, 0.1) is 19.8 Å². The number of fused-ring (bicyclic) bond motifs is 1. The molecule has 1 aliphatic heterocycles. The van der Waals surface area contributed by atoms with Gasteiger partial charge in [0.1, 0.15) is 17.1 Å². The number of carbonyl (C=O) groups is 1. The van der Waals surface area contributed by atoms with Crippen molar-refractivity contribution in [2.24, 2.45) is 5.92 Å². The van der Waals surface area contributed by atoms with Gasteiger partial charge in [0.25, 0.3) is 5.91 Å². The van der Waals surface area contributed by atoms with Gasteiger partial charge in [-0.2, -0.15) is 0 Å². The summed E-state index contributed by atoms with van der Waals surface area (Å²) in [5, 5.41) is 3.95. The standard InChI is InChI=1S/C25H29N3O2/c1-17-11-13-28(14-12-17)23-10-9-20-5-4-6-22(25(20)27-23)30-16-24(29)26-21-15-18(2)7-8-19(21)3/h4-10,15,17H,11-14,16H2,1-3H3,(H,26,29). The normalized spacial score (nSPS) is 14.7. The summed E-state index contributed by atoms with van der Waals surface area (Å²) >= 11 is 0. The van der Waals surface area contributed by atoms with Gasteiger partial charge in [0.05, 0.1) is 0 Å². The molecule has 0 spiro atoms. The van der Waals surface area contributed by atoms with Gasteiger partial charge in [-0.3, -0.25) is 4.79 Å². The Morgan fingerprint density at radius 2 is 1.93 bits per heavy atom. The number of hydrogen-bond acceptors (Lipinski definition) is 4. The summed E-state index contributed by atoms with van der Waals surface area (Å²) in [5.74, 6) is 2.21. The summed E-state index contributed by atoms with van der Waals surface area (Å²) in [4.78, 5) is 19.7. The molecule has 4 rings (SSSR count). The van der Waals surface area contributed by atoms with Crippen molar-refractivity contribution in [2.75, 3.05) is 29.9 Å². The summed E-state index contributed by atoms with van der Waals surface area (Å²) in [6, 6.07) is 16.0. The van der Waals surface area contributed by atoms with Gasteiger partial charge in [0.2, 0.25) is 0 Å². The molecule has 2 aromatic carbocycles. The Hall–Kier alpha value is -3.08. The molecule has 1 amide bonds. The Labute approximate surface area is 178 Å². The van der Waals surface area contributed by atoms with Crippen LogP contribution in [0.25, 0.3) is 10.9 Å². The van der Waals surface area contributed by atoms with Crippen molar-refractivity contribution in [1.29, 1.82) is 0 Å². The summed E-state index contributed by atoms with van der Waals surface area (Å²) in [7, 11) is 0. The van der Waals surface area contributed by atoms with Crippen LogP contribution in [0.4, 0.5) is 11.5 Å². The molecule has 1 fully saturated rings. The lowest BCUT2D eigenvalue weighted by Crippen LogP contribution is -2.33. The lowest BCUT2D eigenvalue weighted by atomic mass is 9.99. The van der Waals surface area contributed by atoms with Crippen LogP contribution < -0.4 is 15.0 Å². The number of para-hydroxylation sites is 1. The Bertz CT molecular complexity index is 1060. The Morgan fingerprint density at radius 3 is 2.73 bits per heavy atom. The molecule has 5 heteroatoms. The molecule has 1 saturated heterocycles. The summed E-state index contributed by atoms with van der Waals surface area (Å²) in [6.07, 6.45) is 2.38. The minimum Gasteiger partial charge on any atom is -0.481 e. The highest BCUT2D eigenvalue weighted by Gasteiger charge is 2.18. The van der Waals surface area contributed by atoms with Gasteiger partial charge < -0.3 is 15.0 Å². The molecule has 0 unspecified atom stereocenters. The number of anilines is 2. The fraction of sp³-hybridized carbons (Fsp3) is 0.360. The highest BCUT2D eigenvalue weighted by molar-refractivity contribution is 5.93. The molecule has 1 N–H and O–H groups in total. The van der Waals surface area contributed by atoms with Crippen LogP contribution in [0.3, 0.4) is 0 Å². The summed E-state index contributed by atoms with van der Waals surface area (Å²) in [6.45, 7) is 8.29. The molecule has 156 valence electrons. The number of rotatable bonds is 5. The van der Waals surface area contributed by atoms with Gasteiger partial charge in [-0.25, -0.2) is 4.98 Å². The Balaban J connectivity index is 1.48. The largest absolute Gasteiger partial charge is 0.481 e. The SMILES string of the molecule is Cc1ccc(C)c(NC(=O)COc2cccc3ccc(N4CCC(C)CC4)nc23)c1. The molecule has 30 heavy (non-hydrogen) atoms. The van der Waals surface area contributed by atoms with Crippen LogP contribution in [0.2, 0.25) is 0 Å². The van der Waals surface area contributed by atoms with Gasteiger partial charge in [-0.1, -0.05) is 31.2 Å². The lowest BCUT2D eigenvalue weighted by Gasteiger charge is -2.31. The number of piperidine rings is 1. The molecule has 1 aliphatic rings. The second-order valence-electron chi connectivity index (χ2n) is 8.32. The molecule has 3 aromatic rings. The maximum absolute atomic E-state index is 12.5. The smallest absolute Gasteiger partial charge is 0.262 e. The van der Waals surface area contributed by atoms with Gasteiger partial charge in [-0.05, 0) is 68.0 Å². The first kappa shape index (κ1) is 20.2. The molecule has 0 bridgehead atoms. The molecule has 2 heterocycles. The fourth-order valence-corrected chi connectivity index (χ4v) is 3.84. The second kappa shape index (κ2) is 8.74. The molecular weight excluding hydrogens is 374 g/mol. The second-order valence-corrected chi connectivity index (χ2v) is 8.32. The van der Waals surface area contributed by atoms with Crippen molar-refractivity contribution in [3.63, 3.8) is 0 Å². The van der Waals surface area contributed by atoms with Crippen LogP contribution >= 0.6 is 0 Å². The highest BCUT2D eigenvalue weighted by atomic mass is 16.5. The van der Waals surface area contributed by atoms with E-state index in [1.165, 1.54) is 12.8 Å². The molecule has 0 radical (unpaired) electrons. The number of aryl methyl sites for hydroxylation is 2. The van der Waals surface area contributed by atoms with Crippen LogP contribution in [-0.2, 0) is 4.79 Å². The van der Waals surface area contributed by atoms with E-state index in [0.29, 0.717) is 5.75 Å². The van der Waals surface area contributed by atoms with Crippen LogP contribution in [-0.4, -0.2) is 30.6 Å². The third kappa shape index (κ3) is 4.56. The average molecular weight is 404 g/mol. The zero-order chi connectivity index (χ0) is 21.1. The van der Waals surface area contributed by atoms with Crippen molar-refractivity contribution < 1.29 is 9.53 Å². The molecule has 1 aromatic heterocycles. The first-order chi connectivity index (χ1) is 14.5. The number of ether oxygens (including phenoxy) is 1.